The van der Waals surface area contributed by atoms with Crippen molar-refractivity contribution in [2.45, 2.75) is 44.8 Å². The van der Waals surface area contributed by atoms with Crippen LogP contribution in [-0.4, -0.2) is 40.5 Å². The lowest BCUT2D eigenvalue weighted by molar-refractivity contribution is -0.128. The quantitative estimate of drug-likeness (QED) is 0.785. The molecule has 5 heteroatoms. The van der Waals surface area contributed by atoms with Crippen LogP contribution in [0.3, 0.4) is 0 Å². The van der Waals surface area contributed by atoms with E-state index >= 15 is 0 Å². The standard InChI is InChI=1S/C13H22N4O/c1-16(2)13(18)4-3-7-17-9-12(15-10-17)8-14-11-5-6-11/h9-11,14H,3-8H2,1-2H3. The van der Waals surface area contributed by atoms with E-state index in [1.165, 1.54) is 12.8 Å². The molecule has 1 fully saturated rings. The molecule has 1 amide bonds. The number of rotatable bonds is 7. The Bertz CT molecular complexity index is 395. The maximum Gasteiger partial charge on any atom is 0.222 e. The number of hydrogen-bond donors (Lipinski definition) is 1. The van der Waals surface area contributed by atoms with E-state index in [0.717, 1.165) is 25.2 Å². The molecule has 100 valence electrons. The van der Waals surface area contributed by atoms with Gasteiger partial charge in [0.15, 0.2) is 0 Å². The first-order valence-electron chi connectivity index (χ1n) is 6.59. The summed E-state index contributed by atoms with van der Waals surface area (Å²) in [5.41, 5.74) is 1.08. The number of nitrogens with one attached hydrogen (secondary N) is 1. The Kier molecular flexibility index (Phi) is 4.36. The molecule has 1 aliphatic rings. The number of aryl methyl sites for hydroxylation is 1. The van der Waals surface area contributed by atoms with Gasteiger partial charge < -0.3 is 14.8 Å². The van der Waals surface area contributed by atoms with Gasteiger partial charge in [0.1, 0.15) is 0 Å². The van der Waals surface area contributed by atoms with E-state index in [9.17, 15) is 4.79 Å². The van der Waals surface area contributed by atoms with Crippen LogP contribution in [0.5, 0.6) is 0 Å². The molecule has 0 atom stereocenters. The summed E-state index contributed by atoms with van der Waals surface area (Å²) >= 11 is 0. The topological polar surface area (TPSA) is 50.2 Å². The third kappa shape index (κ3) is 4.14. The van der Waals surface area contributed by atoms with E-state index in [4.69, 9.17) is 0 Å². The monoisotopic (exact) mass is 250 g/mol. The number of nitrogens with zero attached hydrogens (tertiary/aromatic N) is 3. The number of amides is 1. The summed E-state index contributed by atoms with van der Waals surface area (Å²) in [6.45, 7) is 1.71. The fraction of sp³-hybridized carbons (Fsp3) is 0.692. The van der Waals surface area contributed by atoms with Gasteiger partial charge in [-0.1, -0.05) is 0 Å². The summed E-state index contributed by atoms with van der Waals surface area (Å²) in [7, 11) is 3.59. The summed E-state index contributed by atoms with van der Waals surface area (Å²) in [5.74, 6) is 0.186. The maximum absolute atomic E-state index is 11.4. The van der Waals surface area contributed by atoms with Crippen molar-refractivity contribution >= 4 is 5.91 Å². The van der Waals surface area contributed by atoms with Crippen LogP contribution in [-0.2, 0) is 17.9 Å². The van der Waals surface area contributed by atoms with Crippen molar-refractivity contribution in [1.29, 1.82) is 0 Å². The highest BCUT2D eigenvalue weighted by Crippen LogP contribution is 2.18. The van der Waals surface area contributed by atoms with Gasteiger partial charge in [0.25, 0.3) is 0 Å². The van der Waals surface area contributed by atoms with Crippen molar-refractivity contribution in [3.8, 4) is 0 Å². The largest absolute Gasteiger partial charge is 0.349 e. The van der Waals surface area contributed by atoms with Gasteiger partial charge in [-0.05, 0) is 19.3 Å². The average molecular weight is 250 g/mol. The Balaban J connectivity index is 1.67. The first-order valence-corrected chi connectivity index (χ1v) is 6.59. The predicted molar refractivity (Wildman–Crippen MR) is 70.0 cm³/mol. The Hall–Kier alpha value is -1.36. The zero-order valence-electron chi connectivity index (χ0n) is 11.2. The summed E-state index contributed by atoms with van der Waals surface area (Å²) in [6.07, 6.45) is 7.98. The second kappa shape index (κ2) is 6.00. The molecule has 1 aromatic rings. The molecule has 1 N–H and O–H groups in total. The number of carbonyl (C=O) groups is 1. The van der Waals surface area contributed by atoms with Crippen molar-refractivity contribution in [3.63, 3.8) is 0 Å². The predicted octanol–water partition coefficient (Wildman–Crippen LogP) is 1.00. The van der Waals surface area contributed by atoms with E-state index in [-0.39, 0.29) is 5.91 Å². The van der Waals surface area contributed by atoms with Gasteiger partial charge >= 0.3 is 0 Å². The molecule has 1 heterocycles. The van der Waals surface area contributed by atoms with Crippen LogP contribution in [0.2, 0.25) is 0 Å². The minimum Gasteiger partial charge on any atom is -0.349 e. The average Bonchev–Trinajstić information content (AvgIpc) is 3.06. The molecule has 5 nitrogen and oxygen atoms in total. The molecular formula is C13H22N4O. The lowest BCUT2D eigenvalue weighted by atomic mass is 10.3. The zero-order valence-corrected chi connectivity index (χ0v) is 11.2. The number of carbonyl (C=O) groups excluding carboxylic acids is 1. The van der Waals surface area contributed by atoms with Crippen LogP contribution in [0, 0.1) is 0 Å². The summed E-state index contributed by atoms with van der Waals surface area (Å²) < 4.78 is 2.06. The SMILES string of the molecule is CN(C)C(=O)CCCn1cnc(CNC2CC2)c1. The second-order valence-corrected chi connectivity index (χ2v) is 5.15. The smallest absolute Gasteiger partial charge is 0.222 e. The normalized spacial score (nSPS) is 14.8. The number of imidazole rings is 1. The fourth-order valence-electron chi connectivity index (χ4n) is 1.79. The fourth-order valence-corrected chi connectivity index (χ4v) is 1.79. The van der Waals surface area contributed by atoms with Crippen LogP contribution in [0.4, 0.5) is 0 Å². The van der Waals surface area contributed by atoms with Crippen LogP contribution < -0.4 is 5.32 Å². The molecule has 18 heavy (non-hydrogen) atoms. The molecule has 0 bridgehead atoms. The molecule has 0 unspecified atom stereocenters. The van der Waals surface area contributed by atoms with Gasteiger partial charge in [-0.3, -0.25) is 4.79 Å². The molecule has 0 aromatic carbocycles. The third-order valence-corrected chi connectivity index (χ3v) is 3.14. The minimum absolute atomic E-state index is 0.186. The van der Waals surface area contributed by atoms with Gasteiger partial charge in [0.2, 0.25) is 5.91 Å². The van der Waals surface area contributed by atoms with Crippen LogP contribution >= 0.6 is 0 Å². The van der Waals surface area contributed by atoms with Crippen molar-refractivity contribution in [1.82, 2.24) is 19.8 Å². The Morgan fingerprint density at radius 2 is 2.33 bits per heavy atom. The molecular weight excluding hydrogens is 228 g/mol. The van der Waals surface area contributed by atoms with E-state index in [0.29, 0.717) is 12.5 Å². The van der Waals surface area contributed by atoms with Gasteiger partial charge in [-0.25, -0.2) is 4.98 Å². The van der Waals surface area contributed by atoms with Crippen molar-refractivity contribution in [2.24, 2.45) is 0 Å². The second-order valence-electron chi connectivity index (χ2n) is 5.15. The van der Waals surface area contributed by atoms with Crippen LogP contribution in [0.25, 0.3) is 0 Å². The van der Waals surface area contributed by atoms with Crippen molar-refractivity contribution in [2.75, 3.05) is 14.1 Å². The lowest BCUT2D eigenvalue weighted by Gasteiger charge is -2.09. The highest BCUT2D eigenvalue weighted by atomic mass is 16.2. The maximum atomic E-state index is 11.4. The molecule has 0 radical (unpaired) electrons. The zero-order chi connectivity index (χ0) is 13.0. The van der Waals surface area contributed by atoms with E-state index in [1.54, 1.807) is 19.0 Å². The molecule has 2 rings (SSSR count). The molecule has 0 saturated heterocycles. The summed E-state index contributed by atoms with van der Waals surface area (Å²) in [5, 5.41) is 3.44. The molecule has 0 spiro atoms. The van der Waals surface area contributed by atoms with Gasteiger partial charge in [0, 0.05) is 45.8 Å². The minimum atomic E-state index is 0.186. The van der Waals surface area contributed by atoms with Gasteiger partial charge in [-0.15, -0.1) is 0 Å². The molecule has 1 aliphatic carbocycles. The van der Waals surface area contributed by atoms with E-state index in [2.05, 4.69) is 21.1 Å². The third-order valence-electron chi connectivity index (χ3n) is 3.14. The first kappa shape index (κ1) is 13.1. The Morgan fingerprint density at radius 1 is 1.56 bits per heavy atom. The molecule has 0 aliphatic heterocycles. The van der Waals surface area contributed by atoms with Crippen molar-refractivity contribution < 1.29 is 4.79 Å². The van der Waals surface area contributed by atoms with E-state index in [1.807, 2.05) is 6.33 Å². The Morgan fingerprint density at radius 3 is 3.00 bits per heavy atom. The van der Waals surface area contributed by atoms with Gasteiger partial charge in [-0.2, -0.15) is 0 Å². The van der Waals surface area contributed by atoms with Crippen molar-refractivity contribution in [3.05, 3.63) is 18.2 Å². The highest BCUT2D eigenvalue weighted by Gasteiger charge is 2.20. The van der Waals surface area contributed by atoms with Crippen LogP contribution in [0.15, 0.2) is 12.5 Å². The lowest BCUT2D eigenvalue weighted by Crippen LogP contribution is -2.21. The van der Waals surface area contributed by atoms with E-state index < -0.39 is 0 Å². The number of hydrogen-bond acceptors (Lipinski definition) is 3. The molecule has 1 saturated carbocycles. The molecule has 1 aromatic heterocycles. The first-order chi connectivity index (χ1) is 8.65. The van der Waals surface area contributed by atoms with Gasteiger partial charge in [0.05, 0.1) is 12.0 Å². The van der Waals surface area contributed by atoms with Crippen LogP contribution in [0.1, 0.15) is 31.4 Å². The number of aromatic nitrogens is 2. The Labute approximate surface area is 108 Å². The highest BCUT2D eigenvalue weighted by molar-refractivity contribution is 5.75. The summed E-state index contributed by atoms with van der Waals surface area (Å²) in [6, 6.07) is 0.716. The summed E-state index contributed by atoms with van der Waals surface area (Å²) in [4.78, 5) is 17.4.